The Morgan fingerprint density at radius 2 is 1.89 bits per heavy atom. The van der Waals surface area contributed by atoms with Gasteiger partial charge in [0.25, 0.3) is 18.8 Å². The van der Waals surface area contributed by atoms with Crippen LogP contribution in [0.3, 0.4) is 0 Å². The summed E-state index contributed by atoms with van der Waals surface area (Å²) in [5.41, 5.74) is -0.396. The van der Waals surface area contributed by atoms with Crippen LogP contribution >= 0.6 is 0 Å². The summed E-state index contributed by atoms with van der Waals surface area (Å²) in [4.78, 5) is 17.5. The molecule has 0 saturated carbocycles. The Balaban J connectivity index is 1.95. The fourth-order valence-electron chi connectivity index (χ4n) is 2.72. The summed E-state index contributed by atoms with van der Waals surface area (Å²) in [6.07, 6.45) is -4.31. The van der Waals surface area contributed by atoms with Gasteiger partial charge in [-0.3, -0.25) is 9.48 Å². The zero-order chi connectivity index (χ0) is 19.9. The third-order valence-electron chi connectivity index (χ3n) is 4.01. The monoisotopic (exact) mass is 384 g/mol. The van der Waals surface area contributed by atoms with Crippen molar-refractivity contribution in [2.45, 2.75) is 26.3 Å². The van der Waals surface area contributed by atoms with Crippen LogP contribution in [0.2, 0.25) is 0 Å². The molecular formula is C16H16F4N6O. The van der Waals surface area contributed by atoms with Crippen LogP contribution < -0.4 is 0 Å². The molecule has 0 fully saturated rings. The van der Waals surface area contributed by atoms with Crippen molar-refractivity contribution in [3.8, 4) is 0 Å². The van der Waals surface area contributed by atoms with E-state index in [1.165, 1.54) is 11.9 Å². The van der Waals surface area contributed by atoms with Gasteiger partial charge in [-0.15, -0.1) is 0 Å². The molecule has 1 amide bonds. The molecule has 144 valence electrons. The van der Waals surface area contributed by atoms with Gasteiger partial charge in [-0.2, -0.15) is 10.2 Å². The molecule has 11 heteroatoms. The van der Waals surface area contributed by atoms with Gasteiger partial charge in [0.05, 0.1) is 5.69 Å². The van der Waals surface area contributed by atoms with Gasteiger partial charge in [0.1, 0.15) is 11.4 Å². The van der Waals surface area contributed by atoms with Crippen LogP contribution in [0.15, 0.2) is 18.3 Å². The average molecular weight is 384 g/mol. The van der Waals surface area contributed by atoms with Gasteiger partial charge in [0.15, 0.2) is 11.3 Å². The van der Waals surface area contributed by atoms with Gasteiger partial charge < -0.3 is 4.90 Å². The van der Waals surface area contributed by atoms with E-state index in [4.69, 9.17) is 0 Å². The van der Waals surface area contributed by atoms with Crippen LogP contribution in [0, 0.1) is 6.92 Å². The molecule has 27 heavy (non-hydrogen) atoms. The maximum atomic E-state index is 13.2. The van der Waals surface area contributed by atoms with Crippen molar-refractivity contribution in [2.24, 2.45) is 7.05 Å². The van der Waals surface area contributed by atoms with Crippen molar-refractivity contribution < 1.29 is 22.4 Å². The van der Waals surface area contributed by atoms with Gasteiger partial charge in [-0.25, -0.2) is 27.1 Å². The lowest BCUT2D eigenvalue weighted by Crippen LogP contribution is -2.26. The summed E-state index contributed by atoms with van der Waals surface area (Å²) in [5.74, 6) is -0.553. The second-order valence-electron chi connectivity index (χ2n) is 6.08. The Morgan fingerprint density at radius 1 is 1.19 bits per heavy atom. The molecule has 0 atom stereocenters. The number of carbonyl (C=O) groups is 1. The number of aromatic nitrogens is 5. The van der Waals surface area contributed by atoms with Crippen molar-refractivity contribution in [2.75, 3.05) is 7.05 Å². The summed E-state index contributed by atoms with van der Waals surface area (Å²) >= 11 is 0. The summed E-state index contributed by atoms with van der Waals surface area (Å²) in [6.45, 7) is 2.02. The maximum absolute atomic E-state index is 13.2. The quantitative estimate of drug-likeness (QED) is 0.635. The van der Waals surface area contributed by atoms with Crippen molar-refractivity contribution in [3.63, 3.8) is 0 Å². The number of nitrogens with zero attached hydrogens (tertiary/aromatic N) is 6. The normalized spacial score (nSPS) is 11.7. The average Bonchev–Trinajstić information content (AvgIpc) is 3.15. The number of fused-ring (bicyclic) bond motifs is 1. The molecule has 0 bridgehead atoms. The fourth-order valence-corrected chi connectivity index (χ4v) is 2.72. The van der Waals surface area contributed by atoms with E-state index < -0.39 is 30.1 Å². The minimum absolute atomic E-state index is 0.167. The minimum atomic E-state index is -3.05. The number of alkyl halides is 4. The predicted molar refractivity (Wildman–Crippen MR) is 86.6 cm³/mol. The highest BCUT2D eigenvalue weighted by molar-refractivity contribution is 5.93. The van der Waals surface area contributed by atoms with E-state index in [0.29, 0.717) is 10.6 Å². The third-order valence-corrected chi connectivity index (χ3v) is 4.01. The summed E-state index contributed by atoms with van der Waals surface area (Å²) in [6, 6.07) is 1.71. The van der Waals surface area contributed by atoms with Crippen molar-refractivity contribution in [3.05, 3.63) is 46.7 Å². The fraction of sp³-hybridized carbons (Fsp3) is 0.375. The van der Waals surface area contributed by atoms with Crippen molar-refractivity contribution in [1.82, 2.24) is 29.3 Å². The Kier molecular flexibility index (Phi) is 4.85. The van der Waals surface area contributed by atoms with Crippen LogP contribution in [0.5, 0.6) is 0 Å². The van der Waals surface area contributed by atoms with E-state index in [9.17, 15) is 22.4 Å². The van der Waals surface area contributed by atoms with E-state index in [0.717, 1.165) is 17.3 Å². The van der Waals surface area contributed by atoms with Crippen LogP contribution in [0.1, 0.15) is 46.0 Å². The molecule has 0 saturated heterocycles. The molecule has 3 aromatic heterocycles. The van der Waals surface area contributed by atoms with E-state index in [1.807, 2.05) is 0 Å². The first-order chi connectivity index (χ1) is 12.7. The van der Waals surface area contributed by atoms with Gasteiger partial charge in [-0.05, 0) is 13.0 Å². The zero-order valence-corrected chi connectivity index (χ0v) is 14.7. The molecule has 0 spiro atoms. The molecule has 3 rings (SSSR count). The molecule has 3 aromatic rings. The van der Waals surface area contributed by atoms with Crippen LogP contribution in [0.4, 0.5) is 17.6 Å². The minimum Gasteiger partial charge on any atom is -0.336 e. The van der Waals surface area contributed by atoms with Gasteiger partial charge >= 0.3 is 0 Å². The Bertz CT molecular complexity index is 996. The Labute approximate surface area is 151 Å². The number of aryl methyl sites for hydroxylation is 2. The molecule has 7 nitrogen and oxygen atoms in total. The van der Waals surface area contributed by atoms with E-state index >= 15 is 0 Å². The van der Waals surface area contributed by atoms with E-state index in [1.54, 1.807) is 24.9 Å². The smallest absolute Gasteiger partial charge is 0.280 e. The highest BCUT2D eigenvalue weighted by atomic mass is 19.3. The third kappa shape index (κ3) is 3.62. The summed E-state index contributed by atoms with van der Waals surface area (Å²) < 4.78 is 54.5. The molecule has 0 aliphatic carbocycles. The number of hydrogen-bond acceptors (Lipinski definition) is 4. The van der Waals surface area contributed by atoms with Crippen LogP contribution in [-0.4, -0.2) is 42.2 Å². The lowest BCUT2D eigenvalue weighted by molar-refractivity contribution is 0.0778. The molecule has 0 aliphatic heterocycles. The summed E-state index contributed by atoms with van der Waals surface area (Å²) in [7, 11) is 3.27. The first-order valence-corrected chi connectivity index (χ1v) is 7.89. The highest BCUT2D eigenvalue weighted by Crippen LogP contribution is 2.25. The standard InChI is InChI=1S/C16H16F4N6O/c1-8-9(7-25(3)22-8)6-24(2)16(27)11-5-13-21-10(14(17)18)4-12(15(19)20)26(13)23-11/h4-5,7,14-15H,6H2,1-3H3. The van der Waals surface area contributed by atoms with Crippen molar-refractivity contribution >= 4 is 11.6 Å². The van der Waals surface area contributed by atoms with E-state index in [-0.39, 0.29) is 17.9 Å². The lowest BCUT2D eigenvalue weighted by atomic mass is 10.2. The maximum Gasteiger partial charge on any atom is 0.280 e. The number of halogens is 4. The molecule has 0 unspecified atom stereocenters. The Hall–Kier alpha value is -2.98. The van der Waals surface area contributed by atoms with Crippen molar-refractivity contribution in [1.29, 1.82) is 0 Å². The number of rotatable bonds is 5. The molecular weight excluding hydrogens is 368 g/mol. The molecule has 3 heterocycles. The number of hydrogen-bond donors (Lipinski definition) is 0. The molecule has 0 radical (unpaired) electrons. The number of carbonyl (C=O) groups excluding carboxylic acids is 1. The Morgan fingerprint density at radius 3 is 2.44 bits per heavy atom. The molecule has 0 aromatic carbocycles. The topological polar surface area (TPSA) is 68.3 Å². The largest absolute Gasteiger partial charge is 0.336 e. The lowest BCUT2D eigenvalue weighted by Gasteiger charge is -2.15. The first-order valence-electron chi connectivity index (χ1n) is 7.89. The molecule has 0 N–H and O–H groups in total. The summed E-state index contributed by atoms with van der Waals surface area (Å²) in [5, 5.41) is 8.02. The SMILES string of the molecule is Cc1nn(C)cc1CN(C)C(=O)c1cc2nc(C(F)F)cc(C(F)F)n2n1. The zero-order valence-electron chi connectivity index (χ0n) is 14.7. The second kappa shape index (κ2) is 6.97. The van der Waals surface area contributed by atoms with E-state index in [2.05, 4.69) is 15.2 Å². The molecule has 0 aliphatic rings. The van der Waals surface area contributed by atoms with Crippen LogP contribution in [-0.2, 0) is 13.6 Å². The highest BCUT2D eigenvalue weighted by Gasteiger charge is 2.23. The van der Waals surface area contributed by atoms with Gasteiger partial charge in [-0.1, -0.05) is 0 Å². The van der Waals surface area contributed by atoms with Crippen LogP contribution in [0.25, 0.3) is 5.65 Å². The van der Waals surface area contributed by atoms with Gasteiger partial charge in [0.2, 0.25) is 0 Å². The second-order valence-corrected chi connectivity index (χ2v) is 6.08. The van der Waals surface area contributed by atoms with Gasteiger partial charge in [0, 0.05) is 38.5 Å². The first kappa shape index (κ1) is 18.8. The predicted octanol–water partition coefficient (Wildman–Crippen LogP) is 2.92. The number of amides is 1.